The number of aromatic nitrogens is 2. The molecule has 2 aliphatic heterocycles. The number of aliphatic hydroxyl groups is 1. The van der Waals surface area contributed by atoms with Crippen molar-refractivity contribution in [2.45, 2.75) is 65.1 Å². The van der Waals surface area contributed by atoms with E-state index in [1.807, 2.05) is 37.8 Å². The maximum atomic E-state index is 14.1. The molecule has 2 amide bonds. The van der Waals surface area contributed by atoms with E-state index in [-0.39, 0.29) is 35.1 Å². The molecule has 3 N–H and O–H groups in total. The molecular formula is C27H40N6O4. The number of hydrogen-bond donors (Lipinski definition) is 3. The number of hydrogen-bond acceptors (Lipinski definition) is 8. The molecule has 0 aromatic carbocycles. The smallest absolute Gasteiger partial charge is 0.259 e. The number of nitrogens with zero attached hydrogens (tertiary/aromatic N) is 4. The van der Waals surface area contributed by atoms with Gasteiger partial charge in [0, 0.05) is 50.4 Å². The van der Waals surface area contributed by atoms with Crippen LogP contribution in [0, 0.1) is 11.8 Å². The molecule has 2 atom stereocenters. The van der Waals surface area contributed by atoms with E-state index in [0.29, 0.717) is 62.9 Å². The van der Waals surface area contributed by atoms with Crippen LogP contribution in [-0.2, 0) is 16.8 Å². The molecule has 10 nitrogen and oxygen atoms in total. The van der Waals surface area contributed by atoms with Gasteiger partial charge in [-0.05, 0) is 24.5 Å². The average Bonchev–Trinajstić information content (AvgIpc) is 3.36. The van der Waals surface area contributed by atoms with Crippen LogP contribution in [0.2, 0.25) is 0 Å². The molecule has 2 saturated heterocycles. The molecule has 4 rings (SSSR count). The van der Waals surface area contributed by atoms with Crippen molar-refractivity contribution in [3.8, 4) is 0 Å². The van der Waals surface area contributed by atoms with Crippen molar-refractivity contribution >= 4 is 17.6 Å². The number of nitrogens with one attached hydrogen (secondary N) is 2. The maximum absolute atomic E-state index is 14.1. The molecule has 10 heteroatoms. The van der Waals surface area contributed by atoms with Crippen LogP contribution in [0.3, 0.4) is 0 Å². The van der Waals surface area contributed by atoms with E-state index in [0.717, 1.165) is 5.76 Å². The van der Waals surface area contributed by atoms with Gasteiger partial charge in [0.05, 0.1) is 24.8 Å². The molecule has 0 radical (unpaired) electrons. The highest BCUT2D eigenvalue weighted by molar-refractivity contribution is 5.98. The third kappa shape index (κ3) is 6.48. The Bertz CT molecular complexity index is 1080. The molecule has 0 unspecified atom stereocenters. The van der Waals surface area contributed by atoms with Gasteiger partial charge in [0.15, 0.2) is 0 Å². The molecule has 0 saturated carbocycles. The van der Waals surface area contributed by atoms with Gasteiger partial charge in [-0.3, -0.25) is 9.59 Å². The Hall–Kier alpha value is -2.98. The topological polar surface area (TPSA) is 124 Å². The first-order valence-electron chi connectivity index (χ1n) is 13.1. The summed E-state index contributed by atoms with van der Waals surface area (Å²) in [6, 6.07) is 3.54. The number of β-amino-alcohol motifs (C(OH)–C–C–N with tert-alkyl or cyclic N) is 1. The van der Waals surface area contributed by atoms with E-state index >= 15 is 0 Å². The maximum Gasteiger partial charge on any atom is 0.259 e. The Morgan fingerprint density at radius 2 is 2.05 bits per heavy atom. The lowest BCUT2D eigenvalue weighted by Crippen LogP contribution is -2.59. The lowest BCUT2D eigenvalue weighted by molar-refractivity contribution is -0.146. The van der Waals surface area contributed by atoms with Crippen molar-refractivity contribution in [3.05, 3.63) is 41.7 Å². The molecular weight excluding hydrogens is 472 g/mol. The summed E-state index contributed by atoms with van der Waals surface area (Å²) in [6.07, 6.45) is 3.38. The zero-order chi connectivity index (χ0) is 26.7. The van der Waals surface area contributed by atoms with E-state index in [1.165, 1.54) is 0 Å². The average molecular weight is 513 g/mol. The Morgan fingerprint density at radius 3 is 2.68 bits per heavy atom. The van der Waals surface area contributed by atoms with Gasteiger partial charge in [-0.1, -0.05) is 34.6 Å². The second-order valence-corrected chi connectivity index (χ2v) is 11.6. The summed E-state index contributed by atoms with van der Waals surface area (Å²) in [5, 5.41) is 16.3. The van der Waals surface area contributed by atoms with Crippen LogP contribution < -0.4 is 10.6 Å². The molecule has 0 aliphatic carbocycles. The summed E-state index contributed by atoms with van der Waals surface area (Å²) in [4.78, 5) is 39.9. The minimum atomic E-state index is -0.432. The molecule has 202 valence electrons. The van der Waals surface area contributed by atoms with Gasteiger partial charge in [0.25, 0.3) is 5.91 Å². The third-order valence-corrected chi connectivity index (χ3v) is 6.81. The van der Waals surface area contributed by atoms with Gasteiger partial charge in [-0.25, -0.2) is 9.97 Å². The highest BCUT2D eigenvalue weighted by atomic mass is 16.3. The predicted molar refractivity (Wildman–Crippen MR) is 140 cm³/mol. The van der Waals surface area contributed by atoms with Gasteiger partial charge in [0.1, 0.15) is 23.0 Å². The molecule has 2 aromatic rings. The van der Waals surface area contributed by atoms with Crippen LogP contribution >= 0.6 is 0 Å². The monoisotopic (exact) mass is 512 g/mol. The van der Waals surface area contributed by atoms with E-state index in [2.05, 4.69) is 29.5 Å². The van der Waals surface area contributed by atoms with E-state index in [9.17, 15) is 14.7 Å². The van der Waals surface area contributed by atoms with Crippen LogP contribution in [0.1, 0.15) is 63.0 Å². The van der Waals surface area contributed by atoms with Crippen LogP contribution in [0.5, 0.6) is 0 Å². The zero-order valence-electron chi connectivity index (χ0n) is 22.5. The highest BCUT2D eigenvalue weighted by Gasteiger charge is 2.39. The van der Waals surface area contributed by atoms with E-state index in [4.69, 9.17) is 9.40 Å². The largest absolute Gasteiger partial charge is 0.467 e. The molecule has 2 aromatic heterocycles. The summed E-state index contributed by atoms with van der Waals surface area (Å²) in [7, 11) is 0. The number of furan rings is 1. The standard InChI is InChI=1S/C27H40N6O4/c1-17(2)14-33(19-9-18(10-28-11-19)24(35)32-15-20(34)16-32)25(36)22-13-30-26(27(3,4)5)31-23(22)29-12-21-7-6-8-37-21/h6-8,13,17-20,28,34H,9-12,14-16H2,1-5H3,(H,29,30,31)/t18-,19-/m0/s1. The summed E-state index contributed by atoms with van der Waals surface area (Å²) in [5.41, 5.74) is 0.116. The second-order valence-electron chi connectivity index (χ2n) is 11.6. The summed E-state index contributed by atoms with van der Waals surface area (Å²) >= 11 is 0. The number of likely N-dealkylation sites (tertiary alicyclic amines) is 1. The third-order valence-electron chi connectivity index (χ3n) is 6.81. The minimum absolute atomic E-state index is 0.0399. The lowest BCUT2D eigenvalue weighted by atomic mass is 9.91. The van der Waals surface area contributed by atoms with Crippen molar-refractivity contribution in [2.75, 3.05) is 38.0 Å². The molecule has 2 aliphatic rings. The molecule has 4 heterocycles. The van der Waals surface area contributed by atoms with E-state index in [1.54, 1.807) is 17.4 Å². The van der Waals surface area contributed by atoms with Gasteiger partial charge >= 0.3 is 0 Å². The Morgan fingerprint density at radius 1 is 1.30 bits per heavy atom. The molecule has 37 heavy (non-hydrogen) atoms. The Kier molecular flexibility index (Phi) is 8.18. The lowest BCUT2D eigenvalue weighted by Gasteiger charge is -2.42. The summed E-state index contributed by atoms with van der Waals surface area (Å²) < 4.78 is 5.46. The zero-order valence-corrected chi connectivity index (χ0v) is 22.5. The normalized spacial score (nSPS) is 20.6. The highest BCUT2D eigenvalue weighted by Crippen LogP contribution is 2.27. The van der Waals surface area contributed by atoms with Crippen LogP contribution in [-0.4, -0.2) is 81.6 Å². The Labute approximate surface area is 218 Å². The summed E-state index contributed by atoms with van der Waals surface area (Å²) in [6.45, 7) is 13.2. The summed E-state index contributed by atoms with van der Waals surface area (Å²) in [5.74, 6) is 1.74. The van der Waals surface area contributed by atoms with Gasteiger partial charge in [0.2, 0.25) is 5.91 Å². The molecule has 0 spiro atoms. The van der Waals surface area contributed by atoms with E-state index < -0.39 is 6.10 Å². The predicted octanol–water partition coefficient (Wildman–Crippen LogP) is 2.26. The number of carbonyl (C=O) groups is 2. The quantitative estimate of drug-likeness (QED) is 0.492. The number of amides is 2. The fourth-order valence-corrected chi connectivity index (χ4v) is 4.80. The second kappa shape index (κ2) is 11.2. The number of carbonyl (C=O) groups excluding carboxylic acids is 2. The van der Waals surface area contributed by atoms with Gasteiger partial charge in [-0.2, -0.15) is 0 Å². The van der Waals surface area contributed by atoms with Crippen LogP contribution in [0.25, 0.3) is 0 Å². The van der Waals surface area contributed by atoms with Crippen molar-refractivity contribution in [1.29, 1.82) is 0 Å². The molecule has 2 fully saturated rings. The van der Waals surface area contributed by atoms with Crippen molar-refractivity contribution in [1.82, 2.24) is 25.1 Å². The van der Waals surface area contributed by atoms with Crippen molar-refractivity contribution in [3.63, 3.8) is 0 Å². The van der Waals surface area contributed by atoms with Crippen LogP contribution in [0.4, 0.5) is 5.82 Å². The Balaban J connectivity index is 1.59. The fourth-order valence-electron chi connectivity index (χ4n) is 4.80. The number of aliphatic hydroxyl groups excluding tert-OH is 1. The van der Waals surface area contributed by atoms with Gasteiger partial charge in [-0.15, -0.1) is 0 Å². The first-order valence-corrected chi connectivity index (χ1v) is 13.1. The van der Waals surface area contributed by atoms with Crippen molar-refractivity contribution < 1.29 is 19.1 Å². The fraction of sp³-hybridized carbons (Fsp3) is 0.630. The van der Waals surface area contributed by atoms with Crippen molar-refractivity contribution in [2.24, 2.45) is 11.8 Å². The number of rotatable bonds is 8. The first-order chi connectivity index (χ1) is 17.5. The number of piperidine rings is 1. The SMILES string of the molecule is CC(C)CN(C(=O)c1cnc(C(C)(C)C)nc1NCc1ccco1)[C@@H]1CNC[C@@H](C(=O)N2CC(O)C2)C1. The minimum Gasteiger partial charge on any atom is -0.467 e. The van der Waals surface area contributed by atoms with Gasteiger partial charge < -0.3 is 30.0 Å². The number of anilines is 1. The van der Waals surface area contributed by atoms with Crippen LogP contribution in [0.15, 0.2) is 29.0 Å². The molecule has 0 bridgehead atoms. The first kappa shape index (κ1) is 27.1.